The van der Waals surface area contributed by atoms with Gasteiger partial charge in [-0.2, -0.15) is 20.3 Å². The predicted molar refractivity (Wildman–Crippen MR) is 101 cm³/mol. The first-order chi connectivity index (χ1) is 12.7. The van der Waals surface area contributed by atoms with Crippen LogP contribution in [0.2, 0.25) is 0 Å². The Morgan fingerprint density at radius 1 is 0.808 bits per heavy atom. The van der Waals surface area contributed by atoms with Crippen LogP contribution in [0.5, 0.6) is 0 Å². The molecule has 0 atom stereocenters. The van der Waals surface area contributed by atoms with E-state index in [2.05, 4.69) is 10.1 Å². The van der Waals surface area contributed by atoms with E-state index in [0.717, 1.165) is 11.1 Å². The van der Waals surface area contributed by atoms with Crippen LogP contribution < -0.4 is 5.73 Å². The smallest absolute Gasteiger partial charge is 0.175 e. The number of nitrogen functional groups attached to an aromatic ring is 1. The minimum absolute atomic E-state index is 0.0675. The molecule has 3 rings (SSSR count). The van der Waals surface area contributed by atoms with Crippen LogP contribution in [-0.4, -0.2) is 17.1 Å². The highest BCUT2D eigenvalue weighted by molar-refractivity contribution is 5.84. The molecule has 0 saturated carbocycles. The molecule has 2 aromatic carbocycles. The van der Waals surface area contributed by atoms with Crippen molar-refractivity contribution in [3.63, 3.8) is 0 Å². The number of hydrogen-bond acceptors (Lipinski definition) is 5. The number of aromatic nitrogens is 1. The normalized spacial score (nSPS) is 10.8. The lowest BCUT2D eigenvalue weighted by Crippen LogP contribution is -1.98. The molecule has 0 amide bonds. The number of benzene rings is 2. The van der Waals surface area contributed by atoms with Crippen LogP contribution in [-0.2, 0) is 0 Å². The first-order valence-electron chi connectivity index (χ1n) is 7.77. The van der Waals surface area contributed by atoms with E-state index in [1.54, 1.807) is 12.4 Å². The van der Waals surface area contributed by atoms with Crippen molar-refractivity contribution in [1.82, 2.24) is 4.68 Å². The summed E-state index contributed by atoms with van der Waals surface area (Å²) in [6, 6.07) is 22.8. The van der Waals surface area contributed by atoms with Crippen molar-refractivity contribution in [1.29, 1.82) is 10.5 Å². The number of nitrogens with two attached hydrogens (primary N) is 1. The van der Waals surface area contributed by atoms with Gasteiger partial charge in [0.05, 0.1) is 6.21 Å². The number of rotatable bonds is 4. The van der Waals surface area contributed by atoms with E-state index in [0.29, 0.717) is 0 Å². The molecule has 0 aliphatic heterocycles. The lowest BCUT2D eigenvalue weighted by atomic mass is 10.2. The number of nitrogens with zero attached hydrogens (tertiary/aromatic N) is 5. The molecule has 124 valence electrons. The Labute approximate surface area is 150 Å². The van der Waals surface area contributed by atoms with Gasteiger partial charge < -0.3 is 5.73 Å². The van der Waals surface area contributed by atoms with Gasteiger partial charge in [0.25, 0.3) is 0 Å². The second kappa shape index (κ2) is 7.61. The molecule has 0 radical (unpaired) electrons. The van der Waals surface area contributed by atoms with Crippen molar-refractivity contribution in [2.45, 2.75) is 0 Å². The SMILES string of the molecule is N#Cc1c(C#N)c(/N=C/c2ccccc2)n(/N=C/c2ccccc2)c1N. The summed E-state index contributed by atoms with van der Waals surface area (Å²) in [5, 5.41) is 23.1. The molecule has 26 heavy (non-hydrogen) atoms. The van der Waals surface area contributed by atoms with Crippen molar-refractivity contribution in [2.75, 3.05) is 5.73 Å². The predicted octanol–water partition coefficient (Wildman–Crippen LogP) is 3.45. The molecular formula is C20H14N6. The molecule has 6 heteroatoms. The largest absolute Gasteiger partial charge is 0.382 e. The molecule has 0 bridgehead atoms. The fourth-order valence-corrected chi connectivity index (χ4v) is 2.36. The van der Waals surface area contributed by atoms with Gasteiger partial charge in [-0.15, -0.1) is 0 Å². The van der Waals surface area contributed by atoms with Crippen LogP contribution >= 0.6 is 0 Å². The van der Waals surface area contributed by atoms with E-state index in [1.165, 1.54) is 4.68 Å². The zero-order chi connectivity index (χ0) is 18.4. The summed E-state index contributed by atoms with van der Waals surface area (Å²) in [7, 11) is 0. The average molecular weight is 338 g/mol. The molecule has 1 aromatic heterocycles. The monoisotopic (exact) mass is 338 g/mol. The number of nitriles is 2. The van der Waals surface area contributed by atoms with Crippen molar-refractivity contribution < 1.29 is 0 Å². The minimum Gasteiger partial charge on any atom is -0.382 e. The third-order valence-corrected chi connectivity index (χ3v) is 3.64. The van der Waals surface area contributed by atoms with Gasteiger partial charge in [0.15, 0.2) is 5.82 Å². The molecule has 0 aliphatic carbocycles. The molecule has 0 fully saturated rings. The van der Waals surface area contributed by atoms with Crippen LogP contribution in [0, 0.1) is 22.7 Å². The summed E-state index contributed by atoms with van der Waals surface area (Å²) in [4.78, 5) is 4.36. The van der Waals surface area contributed by atoms with Gasteiger partial charge in [-0.05, 0) is 11.1 Å². The van der Waals surface area contributed by atoms with Crippen LogP contribution in [0.3, 0.4) is 0 Å². The molecular weight excluding hydrogens is 324 g/mol. The third-order valence-electron chi connectivity index (χ3n) is 3.64. The van der Waals surface area contributed by atoms with Gasteiger partial charge in [0.2, 0.25) is 0 Å². The Kier molecular flexibility index (Phi) is 4.88. The van der Waals surface area contributed by atoms with E-state index < -0.39 is 0 Å². The molecule has 0 spiro atoms. The summed E-state index contributed by atoms with van der Waals surface area (Å²) >= 11 is 0. The van der Waals surface area contributed by atoms with E-state index in [-0.39, 0.29) is 22.8 Å². The zero-order valence-electron chi connectivity index (χ0n) is 13.7. The quantitative estimate of drug-likeness (QED) is 0.737. The molecule has 0 unspecified atom stereocenters. The lowest BCUT2D eigenvalue weighted by Gasteiger charge is -2.01. The lowest BCUT2D eigenvalue weighted by molar-refractivity contribution is 0.905. The van der Waals surface area contributed by atoms with Gasteiger partial charge >= 0.3 is 0 Å². The van der Waals surface area contributed by atoms with E-state index in [1.807, 2.05) is 72.8 Å². The first kappa shape index (κ1) is 16.7. The van der Waals surface area contributed by atoms with Gasteiger partial charge in [-0.25, -0.2) is 4.99 Å². The highest BCUT2D eigenvalue weighted by Gasteiger charge is 2.20. The first-order valence-corrected chi connectivity index (χ1v) is 7.77. The van der Waals surface area contributed by atoms with Gasteiger partial charge in [-0.3, -0.25) is 0 Å². The number of anilines is 1. The van der Waals surface area contributed by atoms with Crippen LogP contribution in [0.25, 0.3) is 0 Å². The summed E-state index contributed by atoms with van der Waals surface area (Å²) in [5.74, 6) is 0.300. The number of hydrogen-bond donors (Lipinski definition) is 1. The second-order valence-electron chi connectivity index (χ2n) is 5.32. The van der Waals surface area contributed by atoms with Gasteiger partial charge in [0, 0.05) is 6.21 Å². The zero-order valence-corrected chi connectivity index (χ0v) is 13.7. The average Bonchev–Trinajstić information content (AvgIpc) is 2.96. The number of aliphatic imine (C=N–C) groups is 1. The van der Waals surface area contributed by atoms with Crippen LogP contribution in [0.4, 0.5) is 11.6 Å². The van der Waals surface area contributed by atoms with E-state index in [9.17, 15) is 10.5 Å². The highest BCUT2D eigenvalue weighted by Crippen LogP contribution is 2.31. The van der Waals surface area contributed by atoms with Gasteiger partial charge in [0.1, 0.15) is 29.1 Å². The Morgan fingerprint density at radius 2 is 1.35 bits per heavy atom. The second-order valence-corrected chi connectivity index (χ2v) is 5.32. The maximum Gasteiger partial charge on any atom is 0.175 e. The molecule has 0 aliphatic rings. The topological polar surface area (TPSA) is 103 Å². The molecule has 2 N–H and O–H groups in total. The Bertz CT molecular complexity index is 1050. The molecule has 0 saturated heterocycles. The molecule has 3 aromatic rings. The van der Waals surface area contributed by atoms with Crippen LogP contribution in [0.1, 0.15) is 22.3 Å². The van der Waals surface area contributed by atoms with E-state index >= 15 is 0 Å². The van der Waals surface area contributed by atoms with Crippen molar-refractivity contribution >= 4 is 24.1 Å². The Hall–Kier alpha value is -4.16. The highest BCUT2D eigenvalue weighted by atomic mass is 15.4. The van der Waals surface area contributed by atoms with Crippen molar-refractivity contribution in [3.05, 3.63) is 82.9 Å². The summed E-state index contributed by atoms with van der Waals surface area (Å²) in [5.41, 5.74) is 7.90. The van der Waals surface area contributed by atoms with E-state index in [4.69, 9.17) is 5.73 Å². The summed E-state index contributed by atoms with van der Waals surface area (Å²) in [6.07, 6.45) is 3.20. The fraction of sp³-hybridized carbons (Fsp3) is 0. The summed E-state index contributed by atoms with van der Waals surface area (Å²) in [6.45, 7) is 0. The van der Waals surface area contributed by atoms with Crippen LogP contribution in [0.15, 0.2) is 70.8 Å². The maximum absolute atomic E-state index is 9.45. The molecule has 1 heterocycles. The Morgan fingerprint density at radius 3 is 1.88 bits per heavy atom. The maximum atomic E-state index is 9.45. The molecule has 6 nitrogen and oxygen atoms in total. The summed E-state index contributed by atoms with van der Waals surface area (Å²) < 4.78 is 1.31. The third kappa shape index (κ3) is 3.35. The standard InChI is InChI=1S/C20H14N6/c21-11-17-18(12-22)20(24-13-15-7-3-1-4-8-15)26(19(17)23)25-14-16-9-5-2-6-10-16/h1-10,13-14H,23H2/b24-13+,25-14+. The van der Waals surface area contributed by atoms with Crippen molar-refractivity contribution in [2.24, 2.45) is 10.1 Å². The fourth-order valence-electron chi connectivity index (χ4n) is 2.36. The minimum atomic E-state index is 0.0675. The Balaban J connectivity index is 2.10. The van der Waals surface area contributed by atoms with Gasteiger partial charge in [-0.1, -0.05) is 60.7 Å². The van der Waals surface area contributed by atoms with Crippen molar-refractivity contribution in [3.8, 4) is 12.1 Å².